The van der Waals surface area contributed by atoms with E-state index in [1.807, 2.05) is 6.07 Å². The maximum Gasteiger partial charge on any atom is 0.249 e. The van der Waals surface area contributed by atoms with E-state index in [2.05, 4.69) is 41.7 Å². The van der Waals surface area contributed by atoms with E-state index in [0.29, 0.717) is 28.9 Å². The number of fused-ring (bicyclic) bond motifs is 2. The molecule has 1 saturated heterocycles. The van der Waals surface area contributed by atoms with Crippen LogP contribution in [0, 0.1) is 11.2 Å². The summed E-state index contributed by atoms with van der Waals surface area (Å²) in [6.45, 7) is 6.24. The lowest BCUT2D eigenvalue weighted by Crippen LogP contribution is -2.48. The maximum atomic E-state index is 14.9. The van der Waals surface area contributed by atoms with Crippen molar-refractivity contribution in [3.05, 3.63) is 81.5 Å². The molecule has 3 atom stereocenters. The van der Waals surface area contributed by atoms with Crippen molar-refractivity contribution >= 4 is 34.8 Å². The lowest BCUT2D eigenvalue weighted by atomic mass is 9.69. The molecule has 0 saturated carbocycles. The molecule has 3 aromatic rings. The Labute approximate surface area is 218 Å². The summed E-state index contributed by atoms with van der Waals surface area (Å²) < 4.78 is 14.9. The van der Waals surface area contributed by atoms with Gasteiger partial charge in [-0.25, -0.2) is 4.39 Å². The Kier molecular flexibility index (Phi) is 6.20. The molecular weight excluding hydrogens is 495 g/mol. The number of rotatable bonds is 4. The second-order valence-corrected chi connectivity index (χ2v) is 11.4. The zero-order valence-electron chi connectivity index (χ0n) is 20.7. The lowest BCUT2D eigenvalue weighted by molar-refractivity contribution is -0.121. The Morgan fingerprint density at radius 3 is 2.68 bits per heavy atom. The minimum absolute atomic E-state index is 0.0199. The Morgan fingerprint density at radius 2 is 1.95 bits per heavy atom. The molecule has 7 nitrogen and oxygen atoms in total. The number of halogens is 2. The zero-order valence-corrected chi connectivity index (χ0v) is 21.5. The van der Waals surface area contributed by atoms with Gasteiger partial charge in [0.15, 0.2) is 0 Å². The molecule has 0 bridgehead atoms. The molecule has 2 aromatic carbocycles. The molecule has 5 rings (SSSR count). The monoisotopic (exact) mass is 522 g/mol. The van der Waals surface area contributed by atoms with Crippen LogP contribution in [-0.4, -0.2) is 28.9 Å². The molecule has 0 radical (unpaired) electrons. The van der Waals surface area contributed by atoms with Gasteiger partial charge in [-0.05, 0) is 53.6 Å². The number of aromatic nitrogens is 1. The maximum absolute atomic E-state index is 14.9. The fraction of sp³-hybridized carbons (Fsp3) is 0.321. The molecule has 1 spiro atoms. The van der Waals surface area contributed by atoms with Crippen LogP contribution in [0.2, 0.25) is 5.02 Å². The highest BCUT2D eigenvalue weighted by molar-refractivity contribution is 6.31. The summed E-state index contributed by atoms with van der Waals surface area (Å²) in [6, 6.07) is 12.0. The van der Waals surface area contributed by atoms with Crippen molar-refractivity contribution < 1.29 is 14.0 Å². The molecule has 2 amide bonds. The van der Waals surface area contributed by atoms with Crippen LogP contribution >= 0.6 is 11.6 Å². The van der Waals surface area contributed by atoms with Crippen LogP contribution in [0.1, 0.15) is 39.2 Å². The second kappa shape index (κ2) is 9.11. The first kappa shape index (κ1) is 25.2. The molecule has 9 heteroatoms. The van der Waals surface area contributed by atoms with Crippen LogP contribution in [-0.2, 0) is 15.0 Å². The number of aromatic amines is 1. The van der Waals surface area contributed by atoms with Crippen molar-refractivity contribution in [3.63, 3.8) is 0 Å². The summed E-state index contributed by atoms with van der Waals surface area (Å²) in [7, 11) is 0. The van der Waals surface area contributed by atoms with Crippen molar-refractivity contribution in [2.75, 3.05) is 10.6 Å². The molecule has 2 aliphatic heterocycles. The van der Waals surface area contributed by atoms with Gasteiger partial charge in [-0.15, -0.1) is 0 Å². The molecule has 1 aromatic heterocycles. The number of hydrogen-bond donors (Lipinski definition) is 4. The van der Waals surface area contributed by atoms with Gasteiger partial charge in [-0.3, -0.25) is 14.4 Å². The van der Waals surface area contributed by atoms with E-state index in [-0.39, 0.29) is 40.3 Å². The number of carbonyl (C=O) groups is 2. The normalized spacial score (nSPS) is 22.7. The molecule has 37 heavy (non-hydrogen) atoms. The summed E-state index contributed by atoms with van der Waals surface area (Å²) in [4.78, 5) is 41.1. The van der Waals surface area contributed by atoms with Crippen LogP contribution in [0.3, 0.4) is 0 Å². The van der Waals surface area contributed by atoms with Gasteiger partial charge in [-0.1, -0.05) is 50.6 Å². The first-order chi connectivity index (χ1) is 17.5. The van der Waals surface area contributed by atoms with Gasteiger partial charge < -0.3 is 20.9 Å². The van der Waals surface area contributed by atoms with E-state index in [9.17, 15) is 18.8 Å². The van der Waals surface area contributed by atoms with E-state index in [0.717, 1.165) is 5.56 Å². The van der Waals surface area contributed by atoms with Crippen LogP contribution < -0.4 is 21.5 Å². The Balaban J connectivity index is 1.56. The Morgan fingerprint density at radius 1 is 1.16 bits per heavy atom. The van der Waals surface area contributed by atoms with Crippen molar-refractivity contribution in [1.29, 1.82) is 0 Å². The van der Waals surface area contributed by atoms with Gasteiger partial charge in [0, 0.05) is 35.2 Å². The first-order valence-electron chi connectivity index (χ1n) is 12.1. The smallest absolute Gasteiger partial charge is 0.249 e. The summed E-state index contributed by atoms with van der Waals surface area (Å²) >= 11 is 6.03. The number of hydrogen-bond acceptors (Lipinski definition) is 4. The predicted octanol–water partition coefficient (Wildman–Crippen LogP) is 4.83. The molecule has 192 valence electrons. The van der Waals surface area contributed by atoms with E-state index >= 15 is 0 Å². The van der Waals surface area contributed by atoms with Gasteiger partial charge in [0.25, 0.3) is 0 Å². The van der Waals surface area contributed by atoms with Crippen LogP contribution in [0.5, 0.6) is 0 Å². The second-order valence-electron chi connectivity index (χ2n) is 11.0. The number of benzene rings is 2. The molecule has 1 fully saturated rings. The third-order valence-corrected chi connectivity index (χ3v) is 7.41. The minimum Gasteiger partial charge on any atom is -0.329 e. The summed E-state index contributed by atoms with van der Waals surface area (Å²) in [6.07, 6.45) is 2.29. The zero-order chi connectivity index (χ0) is 26.5. The summed E-state index contributed by atoms with van der Waals surface area (Å²) in [5, 5.41) is 9.21. The van der Waals surface area contributed by atoms with Crippen molar-refractivity contribution in [2.45, 2.75) is 51.1 Å². The topological polar surface area (TPSA) is 103 Å². The molecule has 3 unspecified atom stereocenters. The average Bonchev–Trinajstić information content (AvgIpc) is 3.33. The van der Waals surface area contributed by atoms with Crippen LogP contribution in [0.25, 0.3) is 11.1 Å². The van der Waals surface area contributed by atoms with Crippen LogP contribution in [0.15, 0.2) is 59.5 Å². The molecule has 2 aliphatic rings. The summed E-state index contributed by atoms with van der Waals surface area (Å²) in [5.74, 6) is -1.06. The quantitative estimate of drug-likeness (QED) is 0.394. The number of nitrogens with one attached hydrogen (secondary N) is 4. The molecule has 4 N–H and O–H groups in total. The third-order valence-electron chi connectivity index (χ3n) is 7.12. The van der Waals surface area contributed by atoms with Crippen molar-refractivity contribution in [3.8, 4) is 11.1 Å². The Bertz CT molecular complexity index is 1460. The number of carbonyl (C=O) groups excluding carboxylic acids is 2. The minimum atomic E-state index is -1.04. The highest BCUT2D eigenvalue weighted by Gasteiger charge is 2.59. The fourth-order valence-corrected chi connectivity index (χ4v) is 5.67. The molecule has 3 heterocycles. The highest BCUT2D eigenvalue weighted by atomic mass is 35.5. The van der Waals surface area contributed by atoms with E-state index in [1.54, 1.807) is 30.3 Å². The van der Waals surface area contributed by atoms with E-state index in [1.165, 1.54) is 18.3 Å². The van der Waals surface area contributed by atoms with Gasteiger partial charge in [0.2, 0.25) is 17.4 Å². The largest absolute Gasteiger partial charge is 0.329 e. The van der Waals surface area contributed by atoms with Crippen molar-refractivity contribution in [1.82, 2.24) is 10.3 Å². The summed E-state index contributed by atoms with van der Waals surface area (Å²) in [5.41, 5.74) is 1.16. The van der Waals surface area contributed by atoms with Gasteiger partial charge >= 0.3 is 0 Å². The SMILES string of the molecule is CC(C)(C)CC1NC(C(=O)Nc2cc[nH]c(=O)c2)CC12C(=O)Nc1ccc(-c3cccc(Cl)c3F)cc12. The predicted molar refractivity (Wildman–Crippen MR) is 142 cm³/mol. The lowest BCUT2D eigenvalue weighted by Gasteiger charge is -2.33. The number of amides is 2. The third kappa shape index (κ3) is 4.55. The first-order valence-corrected chi connectivity index (χ1v) is 12.5. The van der Waals surface area contributed by atoms with Crippen molar-refractivity contribution in [2.24, 2.45) is 5.41 Å². The average molecular weight is 523 g/mol. The fourth-order valence-electron chi connectivity index (χ4n) is 5.50. The number of pyridine rings is 1. The van der Waals surface area contributed by atoms with Gasteiger partial charge in [-0.2, -0.15) is 0 Å². The van der Waals surface area contributed by atoms with E-state index < -0.39 is 17.3 Å². The standard InChI is InChI=1S/C28H28ClFN4O3/c1-27(2,3)14-22-28(13-21(33-22)25(36)32-16-9-10-31-23(35)12-16)18-11-15(7-8-20(18)34-26(28)37)17-5-4-6-19(29)24(17)30/h4-12,21-22,33H,13-14H2,1-3H3,(H,34,37)(H2,31,32,35,36). The van der Waals surface area contributed by atoms with Crippen LogP contribution in [0.4, 0.5) is 15.8 Å². The van der Waals surface area contributed by atoms with E-state index in [4.69, 9.17) is 11.6 Å². The van der Waals surface area contributed by atoms with Gasteiger partial charge in [0.05, 0.1) is 16.5 Å². The number of H-pyrrole nitrogens is 1. The molecule has 0 aliphatic carbocycles. The Hall–Kier alpha value is -3.49. The van der Waals surface area contributed by atoms with Gasteiger partial charge in [0.1, 0.15) is 5.82 Å². The highest BCUT2D eigenvalue weighted by Crippen LogP contribution is 2.50. The molecular formula is C28H28ClFN4O3. The number of anilines is 2.